The molecule has 1 heterocycles. The third-order valence-corrected chi connectivity index (χ3v) is 2.66. The third kappa shape index (κ3) is 3.65. The van der Waals surface area contributed by atoms with Gasteiger partial charge < -0.3 is 10.00 Å². The second-order valence-electron chi connectivity index (χ2n) is 2.72. The molecule has 72 valence electrons. The van der Waals surface area contributed by atoms with Crippen LogP contribution in [0.4, 0.5) is 0 Å². The fourth-order valence-corrected chi connectivity index (χ4v) is 1.76. The molecule has 2 atom stereocenters. The van der Waals surface area contributed by atoms with Crippen LogP contribution in [0.3, 0.4) is 0 Å². The van der Waals surface area contributed by atoms with Gasteiger partial charge in [-0.05, 0) is 19.3 Å². The molecule has 2 N–H and O–H groups in total. The topological polar surface area (TPSA) is 76.0 Å². The highest BCUT2D eigenvalue weighted by Gasteiger charge is 2.22. The molecular formula is C6H13O5P. The van der Waals surface area contributed by atoms with E-state index >= 15 is 0 Å². The van der Waals surface area contributed by atoms with Gasteiger partial charge in [-0.2, -0.15) is 0 Å². The van der Waals surface area contributed by atoms with Gasteiger partial charge in [0.05, 0.1) is 19.3 Å². The molecule has 0 amide bonds. The van der Waals surface area contributed by atoms with Crippen molar-refractivity contribution in [3.05, 3.63) is 0 Å². The standard InChI is InChI=1S/C6H13O5P/c7-6-2-1-4-10-12(8,9)11-5-3-6/h6-7H,1-5H2,(H,8,9). The minimum atomic E-state index is -3.82. The number of aliphatic hydroxyl groups excluding tert-OH is 1. The Labute approximate surface area is 70.9 Å². The highest BCUT2D eigenvalue weighted by atomic mass is 31.2. The van der Waals surface area contributed by atoms with Gasteiger partial charge in [-0.3, -0.25) is 9.05 Å². The summed E-state index contributed by atoms with van der Waals surface area (Å²) < 4.78 is 20.0. The van der Waals surface area contributed by atoms with E-state index in [0.717, 1.165) is 0 Å². The molecule has 1 aliphatic rings. The third-order valence-electron chi connectivity index (χ3n) is 1.64. The first-order valence-corrected chi connectivity index (χ1v) is 5.40. The molecule has 6 heteroatoms. The second kappa shape index (κ2) is 4.35. The smallest absolute Gasteiger partial charge is 0.393 e. The number of phosphoric acid groups is 1. The molecule has 1 fully saturated rings. The zero-order chi connectivity index (χ0) is 9.03. The van der Waals surface area contributed by atoms with Crippen molar-refractivity contribution in [2.45, 2.75) is 25.4 Å². The van der Waals surface area contributed by atoms with E-state index in [0.29, 0.717) is 19.3 Å². The molecule has 0 aromatic carbocycles. The van der Waals surface area contributed by atoms with Gasteiger partial charge in [-0.15, -0.1) is 0 Å². The average Bonchev–Trinajstić information content (AvgIpc) is 2.02. The molecule has 0 saturated carbocycles. The lowest BCUT2D eigenvalue weighted by atomic mass is 10.1. The summed E-state index contributed by atoms with van der Waals surface area (Å²) in [5.74, 6) is 0. The van der Waals surface area contributed by atoms with Crippen LogP contribution in [0.2, 0.25) is 0 Å². The van der Waals surface area contributed by atoms with Crippen molar-refractivity contribution in [1.82, 2.24) is 0 Å². The Hall–Kier alpha value is 0.0700. The molecule has 1 aliphatic heterocycles. The van der Waals surface area contributed by atoms with Crippen LogP contribution in [0.25, 0.3) is 0 Å². The Morgan fingerprint density at radius 3 is 2.67 bits per heavy atom. The number of rotatable bonds is 0. The summed E-state index contributed by atoms with van der Waals surface area (Å²) in [7, 11) is -3.82. The van der Waals surface area contributed by atoms with Crippen molar-refractivity contribution in [2.24, 2.45) is 0 Å². The van der Waals surface area contributed by atoms with E-state index in [1.807, 2.05) is 0 Å². The highest BCUT2D eigenvalue weighted by Crippen LogP contribution is 2.43. The van der Waals surface area contributed by atoms with Gasteiger partial charge in [-0.25, -0.2) is 4.57 Å². The van der Waals surface area contributed by atoms with Crippen molar-refractivity contribution in [2.75, 3.05) is 13.2 Å². The lowest BCUT2D eigenvalue weighted by Gasteiger charge is -2.09. The maximum atomic E-state index is 10.9. The molecule has 0 bridgehead atoms. The lowest BCUT2D eigenvalue weighted by Crippen LogP contribution is -2.08. The van der Waals surface area contributed by atoms with E-state index in [9.17, 15) is 9.67 Å². The van der Waals surface area contributed by atoms with E-state index in [2.05, 4.69) is 9.05 Å². The van der Waals surface area contributed by atoms with Crippen molar-refractivity contribution >= 4 is 7.82 Å². The van der Waals surface area contributed by atoms with Gasteiger partial charge in [-0.1, -0.05) is 0 Å². The predicted octanol–water partition coefficient (Wildman–Crippen LogP) is 0.665. The number of hydrogen-bond donors (Lipinski definition) is 2. The normalized spacial score (nSPS) is 39.7. The van der Waals surface area contributed by atoms with Gasteiger partial charge in [0.2, 0.25) is 0 Å². The SMILES string of the molecule is O=P1(O)OCCCC(O)CCO1. The summed E-state index contributed by atoms with van der Waals surface area (Å²) in [6.07, 6.45) is 1.10. The van der Waals surface area contributed by atoms with Gasteiger partial charge in [0.15, 0.2) is 0 Å². The first-order chi connectivity index (χ1) is 5.60. The monoisotopic (exact) mass is 196 g/mol. The fraction of sp³-hybridized carbons (Fsp3) is 1.00. The summed E-state index contributed by atoms with van der Waals surface area (Å²) in [5.41, 5.74) is 0. The number of phosphoric ester groups is 1. The van der Waals surface area contributed by atoms with Gasteiger partial charge in [0, 0.05) is 0 Å². The second-order valence-corrected chi connectivity index (χ2v) is 4.17. The number of aliphatic hydroxyl groups is 1. The van der Waals surface area contributed by atoms with Crippen LogP contribution in [0.5, 0.6) is 0 Å². The van der Waals surface area contributed by atoms with Crippen molar-refractivity contribution < 1.29 is 23.6 Å². The molecule has 12 heavy (non-hydrogen) atoms. The summed E-state index contributed by atoms with van der Waals surface area (Å²) >= 11 is 0. The first-order valence-electron chi connectivity index (χ1n) is 3.90. The van der Waals surface area contributed by atoms with Crippen LogP contribution in [-0.2, 0) is 13.6 Å². The minimum Gasteiger partial charge on any atom is -0.393 e. The summed E-state index contributed by atoms with van der Waals surface area (Å²) in [6.45, 7) is 0.222. The highest BCUT2D eigenvalue weighted by molar-refractivity contribution is 7.47. The number of hydrogen-bond acceptors (Lipinski definition) is 4. The van der Waals surface area contributed by atoms with Crippen LogP contribution >= 0.6 is 7.82 Å². The zero-order valence-electron chi connectivity index (χ0n) is 6.68. The Morgan fingerprint density at radius 1 is 1.25 bits per heavy atom. The Kier molecular flexibility index (Phi) is 3.68. The van der Waals surface area contributed by atoms with Crippen LogP contribution in [0.1, 0.15) is 19.3 Å². The molecule has 1 rings (SSSR count). The first kappa shape index (κ1) is 10.2. The van der Waals surface area contributed by atoms with E-state index in [-0.39, 0.29) is 13.2 Å². The van der Waals surface area contributed by atoms with Crippen LogP contribution < -0.4 is 0 Å². The summed E-state index contributed by atoms with van der Waals surface area (Å²) in [4.78, 5) is 8.92. The van der Waals surface area contributed by atoms with Gasteiger partial charge in [0.1, 0.15) is 0 Å². The van der Waals surface area contributed by atoms with Crippen LogP contribution in [0.15, 0.2) is 0 Å². The van der Waals surface area contributed by atoms with E-state index in [4.69, 9.17) is 4.89 Å². The summed E-state index contributed by atoms with van der Waals surface area (Å²) in [6, 6.07) is 0. The molecule has 0 spiro atoms. The molecule has 1 saturated heterocycles. The fourth-order valence-electron chi connectivity index (χ4n) is 0.985. The minimum absolute atomic E-state index is 0.0644. The van der Waals surface area contributed by atoms with E-state index in [1.165, 1.54) is 0 Å². The van der Waals surface area contributed by atoms with Gasteiger partial charge in [0.25, 0.3) is 0 Å². The molecule has 5 nitrogen and oxygen atoms in total. The average molecular weight is 196 g/mol. The molecule has 0 aliphatic carbocycles. The summed E-state index contributed by atoms with van der Waals surface area (Å²) in [5, 5.41) is 9.20. The largest absolute Gasteiger partial charge is 0.472 e. The lowest BCUT2D eigenvalue weighted by molar-refractivity contribution is 0.125. The van der Waals surface area contributed by atoms with Crippen LogP contribution in [0, 0.1) is 0 Å². The zero-order valence-corrected chi connectivity index (χ0v) is 7.57. The van der Waals surface area contributed by atoms with E-state index < -0.39 is 13.9 Å². The quantitative estimate of drug-likeness (QED) is 0.557. The predicted molar refractivity (Wildman–Crippen MR) is 41.6 cm³/mol. The molecule has 0 aromatic rings. The maximum Gasteiger partial charge on any atom is 0.472 e. The molecule has 0 aromatic heterocycles. The van der Waals surface area contributed by atoms with Crippen molar-refractivity contribution in [3.63, 3.8) is 0 Å². The maximum absolute atomic E-state index is 10.9. The van der Waals surface area contributed by atoms with Crippen molar-refractivity contribution in [3.8, 4) is 0 Å². The Morgan fingerprint density at radius 2 is 1.92 bits per heavy atom. The molecular weight excluding hydrogens is 183 g/mol. The Bertz CT molecular complexity index is 183. The molecule has 0 radical (unpaired) electrons. The Balaban J connectivity index is 2.43. The molecule has 2 unspecified atom stereocenters. The van der Waals surface area contributed by atoms with Crippen molar-refractivity contribution in [1.29, 1.82) is 0 Å². The van der Waals surface area contributed by atoms with Crippen LogP contribution in [-0.4, -0.2) is 29.3 Å². The van der Waals surface area contributed by atoms with E-state index in [1.54, 1.807) is 0 Å². The van der Waals surface area contributed by atoms with Gasteiger partial charge >= 0.3 is 7.82 Å².